The van der Waals surface area contributed by atoms with Gasteiger partial charge in [-0.3, -0.25) is 4.79 Å². The zero-order valence-electron chi connectivity index (χ0n) is 17.3. The number of nitrogens with zero attached hydrogens (tertiary/aromatic N) is 5. The van der Waals surface area contributed by atoms with Crippen molar-refractivity contribution in [1.82, 2.24) is 19.9 Å². The zero-order valence-corrected chi connectivity index (χ0v) is 18.0. The van der Waals surface area contributed by atoms with Crippen molar-refractivity contribution in [2.75, 3.05) is 36.4 Å². The number of piperazine rings is 1. The van der Waals surface area contributed by atoms with E-state index in [0.29, 0.717) is 43.4 Å². The first-order valence-corrected chi connectivity index (χ1v) is 10.3. The molecule has 9 heteroatoms. The van der Waals surface area contributed by atoms with E-state index < -0.39 is 5.82 Å². The number of aromatic nitrogens is 3. The lowest BCUT2D eigenvalue weighted by Gasteiger charge is -2.35. The van der Waals surface area contributed by atoms with Crippen molar-refractivity contribution >= 4 is 35.0 Å². The van der Waals surface area contributed by atoms with Gasteiger partial charge < -0.3 is 15.1 Å². The van der Waals surface area contributed by atoms with Crippen LogP contribution in [-0.4, -0.2) is 51.9 Å². The molecule has 1 aliphatic heterocycles. The summed E-state index contributed by atoms with van der Waals surface area (Å²) in [6.45, 7) is 6.10. The van der Waals surface area contributed by atoms with Gasteiger partial charge in [0.25, 0.3) is 5.91 Å². The molecule has 1 amide bonds. The second-order valence-electron chi connectivity index (χ2n) is 7.41. The van der Waals surface area contributed by atoms with E-state index in [4.69, 9.17) is 11.6 Å². The lowest BCUT2D eigenvalue weighted by atomic mass is 10.1. The van der Waals surface area contributed by atoms with E-state index in [2.05, 4.69) is 25.2 Å². The second kappa shape index (κ2) is 8.85. The molecular formula is C22H22ClFN6O. The van der Waals surface area contributed by atoms with Gasteiger partial charge in [-0.25, -0.2) is 19.3 Å². The summed E-state index contributed by atoms with van der Waals surface area (Å²) < 4.78 is 13.3. The molecule has 0 radical (unpaired) electrons. The fourth-order valence-corrected chi connectivity index (χ4v) is 3.73. The van der Waals surface area contributed by atoms with Crippen LogP contribution in [0.4, 0.5) is 21.8 Å². The van der Waals surface area contributed by atoms with Gasteiger partial charge in [-0.05, 0) is 49.7 Å². The number of rotatable bonds is 4. The molecule has 3 aromatic rings. The highest BCUT2D eigenvalue weighted by Gasteiger charge is 2.25. The maximum absolute atomic E-state index is 13.3. The highest BCUT2D eigenvalue weighted by atomic mass is 35.5. The van der Waals surface area contributed by atoms with Crippen molar-refractivity contribution in [3.05, 3.63) is 70.4 Å². The molecule has 0 spiro atoms. The normalized spacial score (nSPS) is 13.9. The topological polar surface area (TPSA) is 74.2 Å². The van der Waals surface area contributed by atoms with Crippen LogP contribution in [0.1, 0.15) is 21.7 Å². The van der Waals surface area contributed by atoms with Crippen LogP contribution < -0.4 is 10.2 Å². The smallest absolute Gasteiger partial charge is 0.255 e. The highest BCUT2D eigenvalue weighted by molar-refractivity contribution is 6.33. The van der Waals surface area contributed by atoms with Crippen molar-refractivity contribution in [3.63, 3.8) is 0 Å². The fraction of sp³-hybridized carbons (Fsp3) is 0.273. The molecular weight excluding hydrogens is 419 g/mol. The number of aryl methyl sites for hydroxylation is 2. The lowest BCUT2D eigenvalue weighted by molar-refractivity contribution is 0.0746. The van der Waals surface area contributed by atoms with Gasteiger partial charge in [-0.1, -0.05) is 11.6 Å². The second-order valence-corrected chi connectivity index (χ2v) is 7.81. The molecule has 160 valence electrons. The molecule has 3 heterocycles. The molecule has 1 fully saturated rings. The maximum Gasteiger partial charge on any atom is 0.255 e. The van der Waals surface area contributed by atoms with Crippen LogP contribution >= 0.6 is 11.6 Å². The molecule has 31 heavy (non-hydrogen) atoms. The minimum atomic E-state index is -0.462. The van der Waals surface area contributed by atoms with Gasteiger partial charge in [0, 0.05) is 38.4 Å². The standard InChI is InChI=1S/C22H22ClFN6O/c1-14-5-6-25-19(11-14)28-20-13-21(27-15(2)26-20)29-7-9-30(10-8-29)22(31)17-4-3-16(24)12-18(17)23/h3-6,11-13H,7-10H2,1-2H3,(H,25,26,27,28). The molecule has 1 aliphatic rings. The van der Waals surface area contributed by atoms with Crippen LogP contribution in [0.5, 0.6) is 0 Å². The van der Waals surface area contributed by atoms with Crippen molar-refractivity contribution in [1.29, 1.82) is 0 Å². The van der Waals surface area contributed by atoms with Gasteiger partial charge in [0.2, 0.25) is 0 Å². The predicted octanol–water partition coefficient (Wildman–Crippen LogP) is 3.99. The Morgan fingerprint density at radius 3 is 2.52 bits per heavy atom. The average Bonchev–Trinajstić information content (AvgIpc) is 2.73. The molecule has 2 aromatic heterocycles. The third-order valence-corrected chi connectivity index (χ3v) is 5.36. The van der Waals surface area contributed by atoms with Gasteiger partial charge in [0.05, 0.1) is 10.6 Å². The third kappa shape index (κ3) is 4.91. The maximum atomic E-state index is 13.3. The van der Waals surface area contributed by atoms with Gasteiger partial charge in [-0.15, -0.1) is 0 Å². The number of benzene rings is 1. The van der Waals surface area contributed by atoms with E-state index in [1.165, 1.54) is 12.1 Å². The van der Waals surface area contributed by atoms with E-state index in [1.807, 2.05) is 32.0 Å². The molecule has 4 rings (SSSR count). The Hall–Kier alpha value is -3.26. The summed E-state index contributed by atoms with van der Waals surface area (Å²) in [5.74, 6) is 2.15. The number of carbonyl (C=O) groups excluding carboxylic acids is 1. The number of pyridine rings is 1. The number of nitrogens with one attached hydrogen (secondary N) is 1. The number of carbonyl (C=O) groups is 1. The molecule has 1 saturated heterocycles. The fourth-order valence-electron chi connectivity index (χ4n) is 3.49. The largest absolute Gasteiger partial charge is 0.353 e. The summed E-state index contributed by atoms with van der Waals surface area (Å²) in [6, 6.07) is 9.59. The van der Waals surface area contributed by atoms with Crippen LogP contribution in [0.3, 0.4) is 0 Å². The Bertz CT molecular complexity index is 1120. The minimum Gasteiger partial charge on any atom is -0.353 e. The Labute approximate surface area is 184 Å². The summed E-state index contributed by atoms with van der Waals surface area (Å²) in [4.78, 5) is 29.9. The van der Waals surface area contributed by atoms with Gasteiger partial charge >= 0.3 is 0 Å². The predicted molar refractivity (Wildman–Crippen MR) is 119 cm³/mol. The first kappa shape index (κ1) is 21.0. The summed E-state index contributed by atoms with van der Waals surface area (Å²) >= 11 is 6.05. The summed E-state index contributed by atoms with van der Waals surface area (Å²) in [5.41, 5.74) is 1.41. The van der Waals surface area contributed by atoms with Crippen LogP contribution in [0.2, 0.25) is 5.02 Å². The van der Waals surface area contributed by atoms with Crippen LogP contribution in [-0.2, 0) is 0 Å². The van der Waals surface area contributed by atoms with Crippen molar-refractivity contribution in [2.24, 2.45) is 0 Å². The number of amides is 1. The van der Waals surface area contributed by atoms with Gasteiger partial charge in [0.1, 0.15) is 29.1 Å². The average molecular weight is 441 g/mol. The van der Waals surface area contributed by atoms with E-state index >= 15 is 0 Å². The van der Waals surface area contributed by atoms with Gasteiger partial charge in [0.15, 0.2) is 0 Å². The molecule has 1 aromatic carbocycles. The van der Waals surface area contributed by atoms with E-state index in [-0.39, 0.29) is 10.9 Å². The summed E-state index contributed by atoms with van der Waals surface area (Å²) in [5, 5.41) is 3.35. The van der Waals surface area contributed by atoms with Gasteiger partial charge in [-0.2, -0.15) is 0 Å². The number of halogens is 2. The minimum absolute atomic E-state index is 0.124. The van der Waals surface area contributed by atoms with Crippen LogP contribution in [0.25, 0.3) is 0 Å². The van der Waals surface area contributed by atoms with Crippen molar-refractivity contribution in [3.8, 4) is 0 Å². The molecule has 0 atom stereocenters. The number of hydrogen-bond acceptors (Lipinski definition) is 6. The molecule has 0 unspecified atom stereocenters. The van der Waals surface area contributed by atoms with Crippen molar-refractivity contribution < 1.29 is 9.18 Å². The highest BCUT2D eigenvalue weighted by Crippen LogP contribution is 2.23. The Morgan fingerprint density at radius 2 is 1.81 bits per heavy atom. The zero-order chi connectivity index (χ0) is 22.0. The van der Waals surface area contributed by atoms with Crippen LogP contribution in [0.15, 0.2) is 42.6 Å². The first-order valence-electron chi connectivity index (χ1n) is 9.94. The molecule has 0 saturated carbocycles. The summed E-state index contributed by atoms with van der Waals surface area (Å²) in [6.07, 6.45) is 1.75. The SMILES string of the molecule is Cc1ccnc(Nc2cc(N3CCN(C(=O)c4ccc(F)cc4Cl)CC3)nc(C)n2)c1. The first-order chi connectivity index (χ1) is 14.9. The Kier molecular flexibility index (Phi) is 5.99. The molecule has 7 nitrogen and oxygen atoms in total. The molecule has 1 N–H and O–H groups in total. The quantitative estimate of drug-likeness (QED) is 0.661. The van der Waals surface area contributed by atoms with Crippen LogP contribution in [0, 0.1) is 19.7 Å². The lowest BCUT2D eigenvalue weighted by Crippen LogP contribution is -2.49. The van der Waals surface area contributed by atoms with Crippen molar-refractivity contribution in [2.45, 2.75) is 13.8 Å². The third-order valence-electron chi connectivity index (χ3n) is 5.05. The molecule has 0 aliphatic carbocycles. The molecule has 0 bridgehead atoms. The Balaban J connectivity index is 1.45. The van der Waals surface area contributed by atoms with E-state index in [9.17, 15) is 9.18 Å². The van der Waals surface area contributed by atoms with E-state index in [0.717, 1.165) is 23.3 Å². The number of hydrogen-bond donors (Lipinski definition) is 1. The summed E-state index contributed by atoms with van der Waals surface area (Å²) in [7, 11) is 0. The number of anilines is 3. The van der Waals surface area contributed by atoms with E-state index in [1.54, 1.807) is 11.1 Å². The Morgan fingerprint density at radius 1 is 1.03 bits per heavy atom. The monoisotopic (exact) mass is 440 g/mol.